The van der Waals surface area contributed by atoms with Gasteiger partial charge in [-0.05, 0) is 31.5 Å². The van der Waals surface area contributed by atoms with Gasteiger partial charge < -0.3 is 15.8 Å². The summed E-state index contributed by atoms with van der Waals surface area (Å²) in [6.07, 6.45) is 3.26. The third kappa shape index (κ3) is 3.81. The van der Waals surface area contributed by atoms with Crippen molar-refractivity contribution in [2.75, 3.05) is 6.61 Å². The van der Waals surface area contributed by atoms with Gasteiger partial charge in [-0.3, -0.25) is 9.78 Å². The zero-order valence-electron chi connectivity index (χ0n) is 10.4. The molecule has 2 unspecified atom stereocenters. The Balaban J connectivity index is 2.57. The number of nitrogens with one attached hydrogen (secondary N) is 1. The smallest absolute Gasteiger partial charge is 0.332 e. The average Bonchev–Trinajstić information content (AvgIpc) is 2.39. The molecule has 0 bridgehead atoms. The van der Waals surface area contributed by atoms with Crippen LogP contribution in [-0.2, 0) is 14.3 Å². The summed E-state index contributed by atoms with van der Waals surface area (Å²) in [5.74, 6) is -1.28. The van der Waals surface area contributed by atoms with E-state index < -0.39 is 17.9 Å². The molecule has 6 heteroatoms. The molecule has 0 saturated carbocycles. The third-order valence-corrected chi connectivity index (χ3v) is 2.39. The molecule has 1 amide bonds. The highest BCUT2D eigenvalue weighted by Gasteiger charge is 2.24. The van der Waals surface area contributed by atoms with Crippen molar-refractivity contribution in [2.24, 2.45) is 5.73 Å². The number of hydrogen-bond acceptors (Lipinski definition) is 5. The highest BCUT2D eigenvalue weighted by Crippen LogP contribution is 2.10. The Bertz CT molecular complexity index is 408. The maximum absolute atomic E-state index is 11.7. The predicted octanol–water partition coefficient (Wildman–Crippen LogP) is 0.149. The van der Waals surface area contributed by atoms with Gasteiger partial charge in [0.2, 0.25) is 5.91 Å². The number of amides is 1. The molecule has 0 saturated heterocycles. The molecular formula is C12H17N3O3. The van der Waals surface area contributed by atoms with Gasteiger partial charge in [0.25, 0.3) is 0 Å². The Morgan fingerprint density at radius 1 is 1.44 bits per heavy atom. The Morgan fingerprint density at radius 2 is 2.06 bits per heavy atom. The quantitative estimate of drug-likeness (QED) is 0.574. The molecule has 0 aliphatic heterocycles. The molecule has 6 nitrogen and oxygen atoms in total. The van der Waals surface area contributed by atoms with Crippen molar-refractivity contribution < 1.29 is 14.3 Å². The van der Waals surface area contributed by atoms with E-state index in [-0.39, 0.29) is 12.6 Å². The summed E-state index contributed by atoms with van der Waals surface area (Å²) in [4.78, 5) is 26.9. The van der Waals surface area contributed by atoms with E-state index >= 15 is 0 Å². The second kappa shape index (κ2) is 6.70. The summed E-state index contributed by atoms with van der Waals surface area (Å²) in [5.41, 5.74) is 6.36. The summed E-state index contributed by atoms with van der Waals surface area (Å²) in [6, 6.07) is 2.01. The van der Waals surface area contributed by atoms with Crippen LogP contribution < -0.4 is 11.1 Å². The molecule has 0 spiro atoms. The molecular weight excluding hydrogens is 234 g/mol. The predicted molar refractivity (Wildman–Crippen MR) is 65.4 cm³/mol. The molecule has 1 aromatic rings. The topological polar surface area (TPSA) is 94.3 Å². The zero-order valence-corrected chi connectivity index (χ0v) is 10.4. The van der Waals surface area contributed by atoms with Crippen molar-refractivity contribution in [2.45, 2.75) is 25.9 Å². The normalized spacial score (nSPS) is 13.5. The lowest BCUT2D eigenvalue weighted by Gasteiger charge is -2.16. The Hall–Kier alpha value is -1.95. The van der Waals surface area contributed by atoms with Crippen molar-refractivity contribution in [1.82, 2.24) is 10.3 Å². The Labute approximate surface area is 106 Å². The van der Waals surface area contributed by atoms with Gasteiger partial charge in [-0.1, -0.05) is 0 Å². The summed E-state index contributed by atoms with van der Waals surface area (Å²) in [5, 5.41) is 2.64. The van der Waals surface area contributed by atoms with Crippen LogP contribution in [0.15, 0.2) is 24.5 Å². The molecule has 0 radical (unpaired) electrons. The average molecular weight is 251 g/mol. The van der Waals surface area contributed by atoms with Crippen LogP contribution in [0.1, 0.15) is 25.5 Å². The van der Waals surface area contributed by atoms with E-state index in [2.05, 4.69) is 15.0 Å². The van der Waals surface area contributed by atoms with Crippen molar-refractivity contribution >= 4 is 11.9 Å². The molecule has 0 fully saturated rings. The number of carbonyl (C=O) groups is 2. The zero-order chi connectivity index (χ0) is 13.5. The van der Waals surface area contributed by atoms with Crippen LogP contribution in [0.4, 0.5) is 0 Å². The van der Waals surface area contributed by atoms with E-state index in [0.717, 1.165) is 5.56 Å². The van der Waals surface area contributed by atoms with Crippen molar-refractivity contribution in [3.8, 4) is 0 Å². The molecule has 1 rings (SSSR count). The fourth-order valence-corrected chi connectivity index (χ4v) is 1.38. The number of aromatic nitrogens is 1. The molecule has 98 valence electrons. The maximum Gasteiger partial charge on any atom is 0.332 e. The van der Waals surface area contributed by atoms with E-state index in [1.54, 1.807) is 38.4 Å². The number of hydrogen-bond donors (Lipinski definition) is 2. The van der Waals surface area contributed by atoms with Crippen LogP contribution in [0.5, 0.6) is 0 Å². The van der Waals surface area contributed by atoms with Gasteiger partial charge in [-0.2, -0.15) is 0 Å². The lowest BCUT2D eigenvalue weighted by molar-refractivity contribution is -0.148. The van der Waals surface area contributed by atoms with Crippen LogP contribution in [0.2, 0.25) is 0 Å². The molecule has 2 atom stereocenters. The van der Waals surface area contributed by atoms with Gasteiger partial charge in [0.05, 0.1) is 12.6 Å². The van der Waals surface area contributed by atoms with E-state index in [0.29, 0.717) is 0 Å². The minimum atomic E-state index is -1.30. The highest BCUT2D eigenvalue weighted by atomic mass is 16.5. The van der Waals surface area contributed by atoms with Gasteiger partial charge >= 0.3 is 5.97 Å². The summed E-state index contributed by atoms with van der Waals surface area (Å²) in [7, 11) is 0. The summed E-state index contributed by atoms with van der Waals surface area (Å²) in [6.45, 7) is 3.65. The van der Waals surface area contributed by atoms with Gasteiger partial charge in [-0.15, -0.1) is 0 Å². The van der Waals surface area contributed by atoms with E-state index in [9.17, 15) is 9.59 Å². The third-order valence-electron chi connectivity index (χ3n) is 2.39. The summed E-state index contributed by atoms with van der Waals surface area (Å²) >= 11 is 0. The molecule has 1 heterocycles. The number of nitrogens with two attached hydrogens (primary N) is 1. The monoisotopic (exact) mass is 251 g/mol. The van der Waals surface area contributed by atoms with Crippen LogP contribution in [-0.4, -0.2) is 29.5 Å². The fraction of sp³-hybridized carbons (Fsp3) is 0.417. The number of carbonyl (C=O) groups excluding carboxylic acids is 2. The SMILES string of the molecule is CCOC(=O)C(N)C(=O)NC(C)c1ccncc1. The number of pyridine rings is 1. The fourth-order valence-electron chi connectivity index (χ4n) is 1.38. The maximum atomic E-state index is 11.7. The first-order valence-corrected chi connectivity index (χ1v) is 5.68. The lowest BCUT2D eigenvalue weighted by atomic mass is 10.1. The molecule has 0 aliphatic rings. The second-order valence-corrected chi connectivity index (χ2v) is 3.74. The van der Waals surface area contributed by atoms with Crippen molar-refractivity contribution in [3.63, 3.8) is 0 Å². The number of esters is 1. The second-order valence-electron chi connectivity index (χ2n) is 3.74. The van der Waals surface area contributed by atoms with Crippen LogP contribution in [0.25, 0.3) is 0 Å². The largest absolute Gasteiger partial charge is 0.464 e. The van der Waals surface area contributed by atoms with Gasteiger partial charge in [0.15, 0.2) is 6.04 Å². The molecule has 1 aromatic heterocycles. The number of nitrogens with zero attached hydrogens (tertiary/aromatic N) is 1. The van der Waals surface area contributed by atoms with E-state index in [1.807, 2.05) is 0 Å². The minimum Gasteiger partial charge on any atom is -0.464 e. The van der Waals surface area contributed by atoms with Crippen LogP contribution in [0.3, 0.4) is 0 Å². The highest BCUT2D eigenvalue weighted by molar-refractivity contribution is 6.01. The number of ether oxygens (including phenoxy) is 1. The molecule has 0 aromatic carbocycles. The first-order valence-electron chi connectivity index (χ1n) is 5.68. The number of rotatable bonds is 5. The lowest BCUT2D eigenvalue weighted by Crippen LogP contribution is -2.47. The Morgan fingerprint density at radius 3 is 2.61 bits per heavy atom. The standard InChI is InChI=1S/C12H17N3O3/c1-3-18-12(17)10(13)11(16)15-8(2)9-4-6-14-7-5-9/h4-8,10H,3,13H2,1-2H3,(H,15,16). The van der Waals surface area contributed by atoms with Gasteiger partial charge in [0, 0.05) is 12.4 Å². The first-order chi connectivity index (χ1) is 8.56. The van der Waals surface area contributed by atoms with E-state index in [1.165, 1.54) is 0 Å². The van der Waals surface area contributed by atoms with Crippen molar-refractivity contribution in [3.05, 3.63) is 30.1 Å². The van der Waals surface area contributed by atoms with Crippen molar-refractivity contribution in [1.29, 1.82) is 0 Å². The van der Waals surface area contributed by atoms with Gasteiger partial charge in [0.1, 0.15) is 0 Å². The summed E-state index contributed by atoms with van der Waals surface area (Å²) < 4.78 is 4.68. The molecule has 18 heavy (non-hydrogen) atoms. The first kappa shape index (κ1) is 14.1. The van der Waals surface area contributed by atoms with Crippen LogP contribution in [0, 0.1) is 0 Å². The Kier molecular flexibility index (Phi) is 5.26. The molecule has 3 N–H and O–H groups in total. The van der Waals surface area contributed by atoms with Crippen LogP contribution >= 0.6 is 0 Å². The van der Waals surface area contributed by atoms with E-state index in [4.69, 9.17) is 5.73 Å². The van der Waals surface area contributed by atoms with Gasteiger partial charge in [-0.25, -0.2) is 4.79 Å². The molecule has 0 aliphatic carbocycles. The minimum absolute atomic E-state index is 0.194.